The van der Waals surface area contributed by atoms with Gasteiger partial charge in [0.2, 0.25) is 0 Å². The van der Waals surface area contributed by atoms with E-state index in [0.717, 1.165) is 13.5 Å². The van der Waals surface area contributed by atoms with Gasteiger partial charge < -0.3 is 5.11 Å². The molecule has 76 valence electrons. The average Bonchev–Trinajstić information content (AvgIpc) is 2.22. The van der Waals surface area contributed by atoms with Crippen LogP contribution < -0.4 is 0 Å². The molecule has 3 nitrogen and oxygen atoms in total. The SMILES string of the molecule is Oc1cccc(Sc2ncncc2I)c1. The number of rotatable bonds is 2. The van der Waals surface area contributed by atoms with Crippen LogP contribution in [0.5, 0.6) is 5.75 Å². The van der Waals surface area contributed by atoms with E-state index in [0.29, 0.717) is 0 Å². The van der Waals surface area contributed by atoms with Crippen molar-refractivity contribution in [2.75, 3.05) is 0 Å². The van der Waals surface area contributed by atoms with Crippen molar-refractivity contribution in [2.24, 2.45) is 0 Å². The summed E-state index contributed by atoms with van der Waals surface area (Å²) in [4.78, 5) is 9.05. The average molecular weight is 330 g/mol. The standard InChI is InChI=1S/C10H7IN2OS/c11-9-5-12-6-13-10(9)15-8-3-1-2-7(14)4-8/h1-6,14H. The molecule has 0 aliphatic carbocycles. The van der Waals surface area contributed by atoms with Crippen molar-refractivity contribution >= 4 is 34.4 Å². The molecule has 1 aromatic carbocycles. The molecule has 0 radical (unpaired) electrons. The second-order valence-corrected chi connectivity index (χ2v) is 5.00. The molecule has 0 spiro atoms. The van der Waals surface area contributed by atoms with Crippen LogP contribution in [0.3, 0.4) is 0 Å². The van der Waals surface area contributed by atoms with Crippen molar-refractivity contribution in [3.05, 3.63) is 40.4 Å². The van der Waals surface area contributed by atoms with Crippen LogP contribution in [0.25, 0.3) is 0 Å². The molecule has 0 atom stereocenters. The van der Waals surface area contributed by atoms with Gasteiger partial charge in [0.15, 0.2) is 0 Å². The van der Waals surface area contributed by atoms with E-state index in [1.54, 1.807) is 18.3 Å². The number of aromatic hydroxyl groups is 1. The fraction of sp³-hybridized carbons (Fsp3) is 0. The van der Waals surface area contributed by atoms with Crippen molar-refractivity contribution < 1.29 is 5.11 Å². The normalized spacial score (nSPS) is 10.2. The Bertz CT molecular complexity index is 478. The molecule has 0 saturated carbocycles. The van der Waals surface area contributed by atoms with Crippen LogP contribution >= 0.6 is 34.4 Å². The minimum atomic E-state index is 0.268. The molecule has 0 saturated heterocycles. The fourth-order valence-corrected chi connectivity index (χ4v) is 2.47. The van der Waals surface area contributed by atoms with E-state index < -0.39 is 0 Å². The lowest BCUT2D eigenvalue weighted by Gasteiger charge is -2.02. The maximum atomic E-state index is 9.31. The molecule has 15 heavy (non-hydrogen) atoms. The number of phenols is 1. The van der Waals surface area contributed by atoms with Crippen molar-refractivity contribution in [1.82, 2.24) is 9.97 Å². The van der Waals surface area contributed by atoms with E-state index in [9.17, 15) is 5.11 Å². The second kappa shape index (κ2) is 4.80. The maximum absolute atomic E-state index is 9.31. The Balaban J connectivity index is 2.26. The minimum absolute atomic E-state index is 0.268. The van der Waals surface area contributed by atoms with Crippen molar-refractivity contribution in [3.8, 4) is 5.75 Å². The van der Waals surface area contributed by atoms with E-state index in [4.69, 9.17) is 0 Å². The number of hydrogen-bond acceptors (Lipinski definition) is 4. The predicted octanol–water partition coefficient (Wildman–Crippen LogP) is 2.94. The summed E-state index contributed by atoms with van der Waals surface area (Å²) < 4.78 is 1.00. The van der Waals surface area contributed by atoms with Gasteiger partial charge in [0.25, 0.3) is 0 Å². The molecular formula is C10H7IN2OS. The fourth-order valence-electron chi connectivity index (χ4n) is 1.04. The molecule has 2 aromatic rings. The molecule has 0 aliphatic heterocycles. The Morgan fingerprint density at radius 3 is 2.93 bits per heavy atom. The number of aromatic nitrogens is 2. The molecule has 0 fully saturated rings. The van der Waals surface area contributed by atoms with Crippen LogP contribution in [0.1, 0.15) is 0 Å². The Hall–Kier alpha value is -0.820. The summed E-state index contributed by atoms with van der Waals surface area (Å²) in [6.45, 7) is 0. The predicted molar refractivity (Wildman–Crippen MR) is 67.0 cm³/mol. The lowest BCUT2D eigenvalue weighted by Crippen LogP contribution is -1.86. The van der Waals surface area contributed by atoms with Crippen LogP contribution in [-0.2, 0) is 0 Å². The van der Waals surface area contributed by atoms with E-state index >= 15 is 0 Å². The zero-order chi connectivity index (χ0) is 10.7. The van der Waals surface area contributed by atoms with Gasteiger partial charge in [0.05, 0.1) is 3.57 Å². The first-order valence-corrected chi connectivity index (χ1v) is 6.07. The highest BCUT2D eigenvalue weighted by Gasteiger charge is 2.03. The molecular weight excluding hydrogens is 323 g/mol. The topological polar surface area (TPSA) is 46.0 Å². The highest BCUT2D eigenvalue weighted by Crippen LogP contribution is 2.30. The number of nitrogens with zero attached hydrogens (tertiary/aromatic N) is 2. The highest BCUT2D eigenvalue weighted by molar-refractivity contribution is 14.1. The number of phenolic OH excluding ortho intramolecular Hbond substituents is 1. The quantitative estimate of drug-likeness (QED) is 0.679. The lowest BCUT2D eigenvalue weighted by molar-refractivity contribution is 0.474. The Morgan fingerprint density at radius 2 is 2.20 bits per heavy atom. The monoisotopic (exact) mass is 330 g/mol. The molecule has 5 heteroatoms. The van der Waals surface area contributed by atoms with Crippen molar-refractivity contribution in [3.63, 3.8) is 0 Å². The molecule has 1 heterocycles. The Morgan fingerprint density at radius 1 is 1.33 bits per heavy atom. The number of halogens is 1. The molecule has 0 aliphatic rings. The van der Waals surface area contributed by atoms with Gasteiger partial charge in [0, 0.05) is 11.1 Å². The summed E-state index contributed by atoms with van der Waals surface area (Å²) in [6, 6.07) is 7.10. The number of hydrogen-bond donors (Lipinski definition) is 1. The lowest BCUT2D eigenvalue weighted by atomic mass is 10.3. The minimum Gasteiger partial charge on any atom is -0.508 e. The van der Waals surface area contributed by atoms with Crippen LogP contribution in [-0.4, -0.2) is 15.1 Å². The third-order valence-corrected chi connectivity index (χ3v) is 3.83. The molecule has 2 rings (SSSR count). The third kappa shape index (κ3) is 2.82. The molecule has 0 unspecified atom stereocenters. The summed E-state index contributed by atoms with van der Waals surface area (Å²) in [7, 11) is 0. The van der Waals surface area contributed by atoms with Crippen LogP contribution in [0.15, 0.2) is 46.7 Å². The molecule has 1 aromatic heterocycles. The second-order valence-electron chi connectivity index (χ2n) is 2.78. The summed E-state index contributed by atoms with van der Waals surface area (Å²) >= 11 is 3.70. The van der Waals surface area contributed by atoms with E-state index in [1.807, 2.05) is 12.1 Å². The van der Waals surface area contributed by atoms with E-state index in [-0.39, 0.29) is 5.75 Å². The first kappa shape index (κ1) is 10.7. The first-order valence-electron chi connectivity index (χ1n) is 4.18. The maximum Gasteiger partial charge on any atom is 0.118 e. The zero-order valence-corrected chi connectivity index (χ0v) is 10.6. The van der Waals surface area contributed by atoms with Gasteiger partial charge in [-0.25, -0.2) is 9.97 Å². The Kier molecular flexibility index (Phi) is 3.42. The van der Waals surface area contributed by atoms with Gasteiger partial charge >= 0.3 is 0 Å². The van der Waals surface area contributed by atoms with E-state index in [2.05, 4.69) is 32.6 Å². The molecule has 0 amide bonds. The summed E-state index contributed by atoms with van der Waals surface area (Å²) in [5.74, 6) is 0.268. The van der Waals surface area contributed by atoms with Crippen molar-refractivity contribution in [1.29, 1.82) is 0 Å². The van der Waals surface area contributed by atoms with Gasteiger partial charge in [-0.1, -0.05) is 17.8 Å². The number of benzene rings is 1. The van der Waals surface area contributed by atoms with Gasteiger partial charge in [-0.2, -0.15) is 0 Å². The van der Waals surface area contributed by atoms with Crippen LogP contribution in [0.2, 0.25) is 0 Å². The van der Waals surface area contributed by atoms with Gasteiger partial charge in [-0.05, 0) is 40.8 Å². The molecule has 0 bridgehead atoms. The molecule has 1 N–H and O–H groups in total. The van der Waals surface area contributed by atoms with Crippen LogP contribution in [0, 0.1) is 3.57 Å². The van der Waals surface area contributed by atoms with Gasteiger partial charge in [-0.15, -0.1) is 0 Å². The zero-order valence-electron chi connectivity index (χ0n) is 7.59. The van der Waals surface area contributed by atoms with Gasteiger partial charge in [-0.3, -0.25) is 0 Å². The van der Waals surface area contributed by atoms with Crippen LogP contribution in [0.4, 0.5) is 0 Å². The summed E-state index contributed by atoms with van der Waals surface area (Å²) in [5, 5.41) is 10.2. The highest BCUT2D eigenvalue weighted by atomic mass is 127. The Labute approximate surface area is 105 Å². The van der Waals surface area contributed by atoms with Gasteiger partial charge in [0.1, 0.15) is 17.1 Å². The van der Waals surface area contributed by atoms with Crippen molar-refractivity contribution in [2.45, 2.75) is 9.92 Å². The summed E-state index contributed by atoms with van der Waals surface area (Å²) in [6.07, 6.45) is 3.28. The third-order valence-electron chi connectivity index (χ3n) is 1.67. The smallest absolute Gasteiger partial charge is 0.118 e. The first-order chi connectivity index (χ1) is 7.25. The largest absolute Gasteiger partial charge is 0.508 e. The summed E-state index contributed by atoms with van der Waals surface area (Å²) in [5.41, 5.74) is 0. The van der Waals surface area contributed by atoms with E-state index in [1.165, 1.54) is 18.1 Å².